The molecule has 0 fully saturated rings. The molecule has 0 spiro atoms. The molecule has 18 heavy (non-hydrogen) atoms. The highest BCUT2D eigenvalue weighted by molar-refractivity contribution is 9.10. The van der Waals surface area contributed by atoms with Gasteiger partial charge in [-0.3, -0.25) is 0 Å². The van der Waals surface area contributed by atoms with Crippen molar-refractivity contribution in [3.05, 3.63) is 22.3 Å². The van der Waals surface area contributed by atoms with E-state index in [0.717, 1.165) is 21.1 Å². The maximum atomic E-state index is 5.43. The van der Waals surface area contributed by atoms with Crippen LogP contribution in [0.25, 0.3) is 10.9 Å². The second kappa shape index (κ2) is 5.02. The van der Waals surface area contributed by atoms with E-state index in [4.69, 9.17) is 14.2 Å². The van der Waals surface area contributed by atoms with Gasteiger partial charge in [0.25, 0.3) is 0 Å². The van der Waals surface area contributed by atoms with Crippen molar-refractivity contribution in [2.75, 3.05) is 21.3 Å². The Balaban J connectivity index is 2.87. The Labute approximate surface area is 114 Å². The SMILES string of the molecule is COc1cc2nc(Br)c(C)cc2c(OC)c1OC. The lowest BCUT2D eigenvalue weighted by Gasteiger charge is -2.15. The van der Waals surface area contributed by atoms with Gasteiger partial charge in [0.15, 0.2) is 11.5 Å². The maximum absolute atomic E-state index is 5.43. The molecule has 4 nitrogen and oxygen atoms in total. The third-order valence-electron chi connectivity index (χ3n) is 2.75. The molecule has 1 aromatic heterocycles. The quantitative estimate of drug-likeness (QED) is 0.815. The summed E-state index contributed by atoms with van der Waals surface area (Å²) in [5.74, 6) is 1.82. The van der Waals surface area contributed by atoms with Crippen LogP contribution >= 0.6 is 15.9 Å². The third-order valence-corrected chi connectivity index (χ3v) is 3.55. The maximum Gasteiger partial charge on any atom is 0.204 e. The molecule has 1 heterocycles. The number of pyridine rings is 1. The molecule has 0 aliphatic heterocycles. The number of hydrogen-bond donors (Lipinski definition) is 0. The number of ether oxygens (including phenoxy) is 3. The highest BCUT2D eigenvalue weighted by Gasteiger charge is 2.17. The number of methoxy groups -OCH3 is 3. The highest BCUT2D eigenvalue weighted by atomic mass is 79.9. The molecule has 0 aliphatic rings. The summed E-state index contributed by atoms with van der Waals surface area (Å²) in [6, 6.07) is 3.84. The van der Waals surface area contributed by atoms with Crippen molar-refractivity contribution < 1.29 is 14.2 Å². The Hall–Kier alpha value is -1.49. The van der Waals surface area contributed by atoms with Gasteiger partial charge in [0, 0.05) is 11.5 Å². The molecule has 1 aromatic carbocycles. The monoisotopic (exact) mass is 311 g/mol. The molecule has 96 valence electrons. The summed E-state index contributed by atoms with van der Waals surface area (Å²) in [7, 11) is 4.78. The summed E-state index contributed by atoms with van der Waals surface area (Å²) in [6.45, 7) is 1.98. The molecule has 2 aromatic rings. The van der Waals surface area contributed by atoms with Gasteiger partial charge in [-0.25, -0.2) is 4.98 Å². The summed E-state index contributed by atoms with van der Waals surface area (Å²) < 4.78 is 16.9. The predicted octanol–water partition coefficient (Wildman–Crippen LogP) is 3.33. The number of halogens is 1. The van der Waals surface area contributed by atoms with Crippen LogP contribution in [0.5, 0.6) is 17.2 Å². The number of hydrogen-bond acceptors (Lipinski definition) is 4. The van der Waals surface area contributed by atoms with E-state index in [1.807, 2.05) is 19.1 Å². The van der Waals surface area contributed by atoms with Crippen LogP contribution in [0.15, 0.2) is 16.7 Å². The Kier molecular flexibility index (Phi) is 3.61. The summed E-state index contributed by atoms with van der Waals surface area (Å²) in [5.41, 5.74) is 1.83. The molecule has 0 atom stereocenters. The summed E-state index contributed by atoms with van der Waals surface area (Å²) in [4.78, 5) is 4.47. The van der Waals surface area contributed by atoms with Crippen molar-refractivity contribution in [1.29, 1.82) is 0 Å². The third kappa shape index (κ3) is 1.99. The minimum Gasteiger partial charge on any atom is -0.493 e. The fraction of sp³-hybridized carbons (Fsp3) is 0.308. The van der Waals surface area contributed by atoms with Gasteiger partial charge in [0.2, 0.25) is 5.75 Å². The Bertz CT molecular complexity index is 599. The van der Waals surface area contributed by atoms with E-state index in [1.165, 1.54) is 0 Å². The Morgan fingerprint density at radius 1 is 1.00 bits per heavy atom. The minimum absolute atomic E-state index is 0.580. The molecule has 0 bridgehead atoms. The van der Waals surface area contributed by atoms with Crippen molar-refractivity contribution >= 4 is 26.8 Å². The van der Waals surface area contributed by atoms with Crippen LogP contribution < -0.4 is 14.2 Å². The van der Waals surface area contributed by atoms with Gasteiger partial charge in [-0.2, -0.15) is 0 Å². The zero-order chi connectivity index (χ0) is 13.3. The van der Waals surface area contributed by atoms with Gasteiger partial charge < -0.3 is 14.2 Å². The van der Waals surface area contributed by atoms with Crippen LogP contribution in [-0.4, -0.2) is 26.3 Å². The summed E-state index contributed by atoms with van der Waals surface area (Å²) in [6.07, 6.45) is 0. The molecule has 0 saturated heterocycles. The largest absolute Gasteiger partial charge is 0.493 e. The molecular formula is C13H14BrNO3. The molecule has 0 saturated carbocycles. The lowest BCUT2D eigenvalue weighted by molar-refractivity contribution is 0.327. The molecule has 2 rings (SSSR count). The smallest absolute Gasteiger partial charge is 0.204 e. The number of rotatable bonds is 3. The fourth-order valence-electron chi connectivity index (χ4n) is 1.87. The normalized spacial score (nSPS) is 10.5. The molecule has 0 radical (unpaired) electrons. The van der Waals surface area contributed by atoms with Gasteiger partial charge in [0.1, 0.15) is 4.60 Å². The minimum atomic E-state index is 0.580. The van der Waals surface area contributed by atoms with Crippen LogP contribution in [0.2, 0.25) is 0 Å². The number of aromatic nitrogens is 1. The van der Waals surface area contributed by atoms with Crippen LogP contribution in [0.4, 0.5) is 0 Å². The Morgan fingerprint density at radius 3 is 2.22 bits per heavy atom. The number of nitrogens with zero attached hydrogens (tertiary/aromatic N) is 1. The first-order valence-electron chi connectivity index (χ1n) is 5.38. The lowest BCUT2D eigenvalue weighted by atomic mass is 10.1. The fourth-order valence-corrected chi connectivity index (χ4v) is 2.17. The van der Waals surface area contributed by atoms with Crippen molar-refractivity contribution in [2.24, 2.45) is 0 Å². The molecule has 0 N–H and O–H groups in total. The number of aryl methyl sites for hydroxylation is 1. The zero-order valence-corrected chi connectivity index (χ0v) is 12.3. The van der Waals surface area contributed by atoms with Gasteiger partial charge in [-0.15, -0.1) is 0 Å². The van der Waals surface area contributed by atoms with E-state index < -0.39 is 0 Å². The number of benzene rings is 1. The van der Waals surface area contributed by atoms with Crippen molar-refractivity contribution in [3.8, 4) is 17.2 Å². The molecule has 0 unspecified atom stereocenters. The lowest BCUT2D eigenvalue weighted by Crippen LogP contribution is -1.97. The molecule has 0 amide bonds. The van der Waals surface area contributed by atoms with Crippen molar-refractivity contribution in [1.82, 2.24) is 4.98 Å². The number of fused-ring (bicyclic) bond motifs is 1. The van der Waals surface area contributed by atoms with Crippen LogP contribution in [0, 0.1) is 6.92 Å². The average Bonchev–Trinajstić information content (AvgIpc) is 2.38. The van der Waals surface area contributed by atoms with Gasteiger partial charge in [-0.05, 0) is 34.5 Å². The second-order valence-corrected chi connectivity index (χ2v) is 4.56. The molecule has 5 heteroatoms. The first kappa shape index (κ1) is 13.0. The van der Waals surface area contributed by atoms with E-state index in [0.29, 0.717) is 17.2 Å². The second-order valence-electron chi connectivity index (χ2n) is 3.81. The van der Waals surface area contributed by atoms with Crippen LogP contribution in [-0.2, 0) is 0 Å². The summed E-state index contributed by atoms with van der Waals surface area (Å²) in [5, 5.41) is 0.899. The zero-order valence-electron chi connectivity index (χ0n) is 10.7. The molecule has 0 aliphatic carbocycles. The van der Waals surface area contributed by atoms with E-state index in [9.17, 15) is 0 Å². The van der Waals surface area contributed by atoms with E-state index in [2.05, 4.69) is 20.9 Å². The first-order chi connectivity index (χ1) is 8.62. The average molecular weight is 312 g/mol. The molecular weight excluding hydrogens is 298 g/mol. The Morgan fingerprint density at radius 2 is 1.67 bits per heavy atom. The van der Waals surface area contributed by atoms with Crippen molar-refractivity contribution in [3.63, 3.8) is 0 Å². The van der Waals surface area contributed by atoms with Crippen LogP contribution in [0.3, 0.4) is 0 Å². The highest BCUT2D eigenvalue weighted by Crippen LogP contribution is 2.43. The van der Waals surface area contributed by atoms with Gasteiger partial charge >= 0.3 is 0 Å². The van der Waals surface area contributed by atoms with E-state index in [-0.39, 0.29) is 0 Å². The topological polar surface area (TPSA) is 40.6 Å². The van der Waals surface area contributed by atoms with Crippen molar-refractivity contribution in [2.45, 2.75) is 6.92 Å². The van der Waals surface area contributed by atoms with E-state index in [1.54, 1.807) is 21.3 Å². The van der Waals surface area contributed by atoms with Crippen LogP contribution in [0.1, 0.15) is 5.56 Å². The van der Waals surface area contributed by atoms with E-state index >= 15 is 0 Å². The first-order valence-corrected chi connectivity index (χ1v) is 6.17. The van der Waals surface area contributed by atoms with Gasteiger partial charge in [0.05, 0.1) is 26.8 Å². The van der Waals surface area contributed by atoms with Gasteiger partial charge in [-0.1, -0.05) is 0 Å². The predicted molar refractivity (Wildman–Crippen MR) is 73.8 cm³/mol. The standard InChI is InChI=1S/C13H14BrNO3/c1-7-5-8-9(15-13(7)14)6-10(16-2)12(18-4)11(8)17-3/h5-6H,1-4H3. The summed E-state index contributed by atoms with van der Waals surface area (Å²) >= 11 is 3.42.